The van der Waals surface area contributed by atoms with E-state index in [1.807, 2.05) is 0 Å². The van der Waals surface area contributed by atoms with E-state index in [9.17, 15) is 18.0 Å². The van der Waals surface area contributed by atoms with Crippen molar-refractivity contribution in [2.75, 3.05) is 24.6 Å². The first-order valence-electron chi connectivity index (χ1n) is 7.00. The van der Waals surface area contributed by atoms with Gasteiger partial charge in [-0.15, -0.1) is 23.2 Å². The Morgan fingerprint density at radius 2 is 1.72 bits per heavy atom. The van der Waals surface area contributed by atoms with Gasteiger partial charge < -0.3 is 13.7 Å². The minimum atomic E-state index is -3.74. The number of carbonyl (C=O) groups is 2. The van der Waals surface area contributed by atoms with Crippen LogP contribution in [0.4, 0.5) is 0 Å². The number of carbonyl (C=O) groups excluding carboxylic acids is 2. The molecule has 0 amide bonds. The maximum absolute atomic E-state index is 11.5. The summed E-state index contributed by atoms with van der Waals surface area (Å²) in [7, 11) is -3.74. The SMILES string of the molecule is CC(C)(COC(=O)CCl)c1cc(OS(C)(=O)=O)ccc1OC(=O)CCl. The van der Waals surface area contributed by atoms with E-state index in [0.29, 0.717) is 5.56 Å². The number of rotatable bonds is 8. The molecule has 0 heterocycles. The van der Waals surface area contributed by atoms with Crippen molar-refractivity contribution in [3.63, 3.8) is 0 Å². The summed E-state index contributed by atoms with van der Waals surface area (Å²) >= 11 is 10.8. The summed E-state index contributed by atoms with van der Waals surface area (Å²) in [6, 6.07) is 4.11. The van der Waals surface area contributed by atoms with Crippen LogP contribution in [-0.2, 0) is 29.9 Å². The van der Waals surface area contributed by atoms with Gasteiger partial charge in [-0.1, -0.05) is 13.8 Å². The van der Waals surface area contributed by atoms with Crippen LogP contribution in [0.5, 0.6) is 11.5 Å². The summed E-state index contributed by atoms with van der Waals surface area (Å²) in [5.41, 5.74) is -0.435. The van der Waals surface area contributed by atoms with E-state index in [4.69, 9.17) is 36.9 Å². The summed E-state index contributed by atoms with van der Waals surface area (Å²) in [5, 5.41) is 0. The first kappa shape index (κ1) is 21.5. The van der Waals surface area contributed by atoms with Crippen LogP contribution in [0, 0.1) is 0 Å². The maximum Gasteiger partial charge on any atom is 0.326 e. The predicted molar refractivity (Wildman–Crippen MR) is 93.0 cm³/mol. The number of alkyl halides is 2. The third kappa shape index (κ3) is 7.09. The van der Waals surface area contributed by atoms with E-state index >= 15 is 0 Å². The van der Waals surface area contributed by atoms with Crippen molar-refractivity contribution in [3.05, 3.63) is 23.8 Å². The average molecular weight is 413 g/mol. The first-order valence-corrected chi connectivity index (χ1v) is 9.89. The molecule has 0 aliphatic heterocycles. The van der Waals surface area contributed by atoms with Crippen molar-refractivity contribution < 1.29 is 31.7 Å². The molecule has 0 atom stereocenters. The van der Waals surface area contributed by atoms with Gasteiger partial charge in [0.05, 0.1) is 6.26 Å². The normalized spacial score (nSPS) is 11.7. The minimum Gasteiger partial charge on any atom is -0.464 e. The van der Waals surface area contributed by atoms with Crippen LogP contribution in [0.3, 0.4) is 0 Å². The van der Waals surface area contributed by atoms with Crippen LogP contribution in [0.1, 0.15) is 19.4 Å². The molecule has 25 heavy (non-hydrogen) atoms. The van der Waals surface area contributed by atoms with Gasteiger partial charge in [0.15, 0.2) is 0 Å². The molecule has 0 saturated carbocycles. The van der Waals surface area contributed by atoms with Crippen LogP contribution in [0.25, 0.3) is 0 Å². The van der Waals surface area contributed by atoms with E-state index in [1.54, 1.807) is 13.8 Å². The molecule has 0 N–H and O–H groups in total. The predicted octanol–water partition coefficient (Wildman–Crippen LogP) is 2.23. The summed E-state index contributed by atoms with van der Waals surface area (Å²) in [5.74, 6) is -1.78. The van der Waals surface area contributed by atoms with E-state index in [-0.39, 0.29) is 29.9 Å². The molecule has 0 aliphatic rings. The zero-order chi connectivity index (χ0) is 19.3. The van der Waals surface area contributed by atoms with Crippen LogP contribution >= 0.6 is 23.2 Å². The third-order valence-electron chi connectivity index (χ3n) is 2.96. The second-order valence-corrected chi connectivity index (χ2v) is 7.84. The molecule has 10 heteroatoms. The maximum atomic E-state index is 11.5. The highest BCUT2D eigenvalue weighted by atomic mass is 35.5. The summed E-state index contributed by atoms with van der Waals surface area (Å²) < 4.78 is 37.7. The quantitative estimate of drug-likeness (QED) is 0.279. The summed E-state index contributed by atoms with van der Waals surface area (Å²) in [4.78, 5) is 22.8. The largest absolute Gasteiger partial charge is 0.464 e. The zero-order valence-electron chi connectivity index (χ0n) is 13.9. The molecule has 7 nitrogen and oxygen atoms in total. The van der Waals surface area contributed by atoms with Gasteiger partial charge in [-0.25, -0.2) is 0 Å². The fourth-order valence-electron chi connectivity index (χ4n) is 1.88. The van der Waals surface area contributed by atoms with Gasteiger partial charge in [-0.3, -0.25) is 9.59 Å². The van der Waals surface area contributed by atoms with Gasteiger partial charge in [-0.05, 0) is 18.2 Å². The molecule has 0 aromatic heterocycles. The standard InChI is InChI=1S/C15H18Cl2O7S/c1-15(2,9-22-13(18)7-16)11-6-10(24-25(3,20)21)4-5-12(11)23-14(19)8-17/h4-6H,7-9H2,1-3H3. The second kappa shape index (κ2) is 8.73. The Morgan fingerprint density at radius 1 is 1.12 bits per heavy atom. The first-order chi connectivity index (χ1) is 11.5. The van der Waals surface area contributed by atoms with Crippen molar-refractivity contribution in [3.8, 4) is 11.5 Å². The molecule has 1 rings (SSSR count). The highest BCUT2D eigenvalue weighted by Gasteiger charge is 2.28. The van der Waals surface area contributed by atoms with E-state index in [0.717, 1.165) is 6.26 Å². The summed E-state index contributed by atoms with van der Waals surface area (Å²) in [6.45, 7) is 3.35. The molecular weight excluding hydrogens is 395 g/mol. The Labute approximate surface area is 156 Å². The van der Waals surface area contributed by atoms with Gasteiger partial charge in [0, 0.05) is 11.0 Å². The zero-order valence-corrected chi connectivity index (χ0v) is 16.2. The van der Waals surface area contributed by atoms with Crippen molar-refractivity contribution >= 4 is 45.3 Å². The topological polar surface area (TPSA) is 96.0 Å². The van der Waals surface area contributed by atoms with Crippen molar-refractivity contribution in [2.24, 2.45) is 0 Å². The lowest BCUT2D eigenvalue weighted by Gasteiger charge is -2.27. The van der Waals surface area contributed by atoms with Crippen molar-refractivity contribution in [1.29, 1.82) is 0 Å². The van der Waals surface area contributed by atoms with Crippen molar-refractivity contribution in [1.82, 2.24) is 0 Å². The Morgan fingerprint density at radius 3 is 2.24 bits per heavy atom. The Hall–Kier alpha value is -1.51. The molecule has 1 aromatic carbocycles. The number of ether oxygens (including phenoxy) is 2. The Bertz CT molecular complexity index is 744. The molecule has 0 bridgehead atoms. The molecule has 0 unspecified atom stereocenters. The molecule has 0 saturated heterocycles. The highest BCUT2D eigenvalue weighted by molar-refractivity contribution is 7.86. The Kier molecular flexibility index (Phi) is 7.52. The number of hydrogen-bond donors (Lipinski definition) is 0. The number of hydrogen-bond acceptors (Lipinski definition) is 7. The fraction of sp³-hybridized carbons (Fsp3) is 0.467. The van der Waals surface area contributed by atoms with Gasteiger partial charge in [0.25, 0.3) is 0 Å². The lowest BCUT2D eigenvalue weighted by atomic mass is 9.84. The average Bonchev–Trinajstić information content (AvgIpc) is 2.52. The van der Waals surface area contributed by atoms with Gasteiger partial charge in [0.2, 0.25) is 0 Å². The van der Waals surface area contributed by atoms with E-state index in [2.05, 4.69) is 0 Å². The van der Waals surface area contributed by atoms with Crippen molar-refractivity contribution in [2.45, 2.75) is 19.3 Å². The molecule has 0 spiro atoms. The second-order valence-electron chi connectivity index (χ2n) is 5.73. The fourth-order valence-corrected chi connectivity index (χ4v) is 2.47. The number of esters is 2. The van der Waals surface area contributed by atoms with E-state index in [1.165, 1.54) is 18.2 Å². The molecular formula is C15H18Cl2O7S. The summed E-state index contributed by atoms with van der Waals surface area (Å²) in [6.07, 6.45) is 0.904. The minimum absolute atomic E-state index is 0.0277. The lowest BCUT2D eigenvalue weighted by molar-refractivity contribution is -0.142. The monoisotopic (exact) mass is 412 g/mol. The molecule has 0 aliphatic carbocycles. The van der Waals surface area contributed by atoms with E-state index < -0.39 is 27.5 Å². The molecule has 0 fully saturated rings. The molecule has 140 valence electrons. The highest BCUT2D eigenvalue weighted by Crippen LogP contribution is 2.35. The number of halogens is 2. The molecule has 1 aromatic rings. The smallest absolute Gasteiger partial charge is 0.326 e. The van der Waals surface area contributed by atoms with Crippen LogP contribution in [0.2, 0.25) is 0 Å². The molecule has 0 radical (unpaired) electrons. The third-order valence-corrected chi connectivity index (χ3v) is 3.90. The van der Waals surface area contributed by atoms with Gasteiger partial charge in [0.1, 0.15) is 29.9 Å². The Balaban J connectivity index is 3.26. The van der Waals surface area contributed by atoms with Crippen LogP contribution in [0.15, 0.2) is 18.2 Å². The van der Waals surface area contributed by atoms with Crippen LogP contribution < -0.4 is 8.92 Å². The van der Waals surface area contributed by atoms with Gasteiger partial charge in [-0.2, -0.15) is 8.42 Å². The van der Waals surface area contributed by atoms with Gasteiger partial charge >= 0.3 is 22.1 Å². The lowest BCUT2D eigenvalue weighted by Crippen LogP contribution is -2.28. The number of benzene rings is 1. The van der Waals surface area contributed by atoms with Crippen LogP contribution in [-0.4, -0.2) is 45.0 Å².